The highest BCUT2D eigenvalue weighted by atomic mass is 19.4. The number of rotatable bonds is 3. The molecule has 0 heterocycles. The molecule has 0 unspecified atom stereocenters. The van der Waals surface area contributed by atoms with E-state index in [2.05, 4.69) is 6.58 Å². The van der Waals surface area contributed by atoms with Gasteiger partial charge in [-0.2, -0.15) is 13.2 Å². The van der Waals surface area contributed by atoms with Crippen LogP contribution in [-0.4, -0.2) is 0 Å². The van der Waals surface area contributed by atoms with Crippen LogP contribution in [0.25, 0.3) is 0 Å². The molecule has 2 nitrogen and oxygen atoms in total. The van der Waals surface area contributed by atoms with E-state index in [1.54, 1.807) is 6.20 Å². The lowest BCUT2D eigenvalue weighted by atomic mass is 10.1. The van der Waals surface area contributed by atoms with Gasteiger partial charge in [-0.25, -0.2) is 0 Å². The average molecular weight is 256 g/mol. The molecule has 0 bridgehead atoms. The summed E-state index contributed by atoms with van der Waals surface area (Å²) in [5.74, 6) is 0. The zero-order valence-electron chi connectivity index (χ0n) is 10.3. The summed E-state index contributed by atoms with van der Waals surface area (Å²) in [7, 11) is 0. The molecule has 2 N–H and O–H groups in total. The van der Waals surface area contributed by atoms with E-state index in [-0.39, 0.29) is 5.69 Å². The van der Waals surface area contributed by atoms with Gasteiger partial charge in [0.05, 0.1) is 5.56 Å². The van der Waals surface area contributed by atoms with E-state index in [9.17, 15) is 13.2 Å². The summed E-state index contributed by atoms with van der Waals surface area (Å²) in [5, 5.41) is 0. The molecule has 18 heavy (non-hydrogen) atoms. The van der Waals surface area contributed by atoms with Crippen molar-refractivity contribution in [2.24, 2.45) is 0 Å². The number of halogens is 3. The first-order chi connectivity index (χ1) is 8.24. The van der Waals surface area contributed by atoms with Gasteiger partial charge in [-0.15, -0.1) is 0 Å². The summed E-state index contributed by atoms with van der Waals surface area (Å²) < 4.78 is 38.0. The Morgan fingerprint density at radius 2 is 1.89 bits per heavy atom. The van der Waals surface area contributed by atoms with Crippen molar-refractivity contribution in [1.29, 1.82) is 0 Å². The van der Waals surface area contributed by atoms with Gasteiger partial charge >= 0.3 is 6.18 Å². The number of benzene rings is 1. The van der Waals surface area contributed by atoms with Crippen molar-refractivity contribution in [3.63, 3.8) is 0 Å². The monoisotopic (exact) mass is 256 g/mol. The lowest BCUT2D eigenvalue weighted by Gasteiger charge is -2.18. The second kappa shape index (κ2) is 5.16. The Hall–Kier alpha value is -1.91. The van der Waals surface area contributed by atoms with Crippen molar-refractivity contribution >= 4 is 11.4 Å². The number of nitrogen functional groups attached to an aromatic ring is 1. The molecule has 0 saturated heterocycles. The zero-order chi connectivity index (χ0) is 13.9. The molecule has 0 aromatic heterocycles. The van der Waals surface area contributed by atoms with Gasteiger partial charge in [0.15, 0.2) is 0 Å². The third-order valence-corrected chi connectivity index (χ3v) is 2.16. The first-order valence-electron chi connectivity index (χ1n) is 5.27. The number of allylic oxidation sites excluding steroid dienone is 1. The van der Waals surface area contributed by atoms with Crippen molar-refractivity contribution in [3.05, 3.63) is 48.3 Å². The quantitative estimate of drug-likeness (QED) is 0.823. The summed E-state index contributed by atoms with van der Waals surface area (Å²) in [4.78, 5) is 1.50. The molecule has 0 aliphatic rings. The number of nitrogens with two attached hydrogens (primary N) is 1. The highest BCUT2D eigenvalue weighted by Gasteiger charge is 2.31. The van der Waals surface area contributed by atoms with Crippen LogP contribution in [0.5, 0.6) is 0 Å². The van der Waals surface area contributed by atoms with Gasteiger partial charge in [-0.1, -0.05) is 12.2 Å². The van der Waals surface area contributed by atoms with Crippen LogP contribution in [0.3, 0.4) is 0 Å². The summed E-state index contributed by atoms with van der Waals surface area (Å²) >= 11 is 0. The van der Waals surface area contributed by atoms with Gasteiger partial charge in [-0.3, -0.25) is 0 Å². The molecule has 0 aliphatic carbocycles. The Morgan fingerprint density at radius 1 is 1.28 bits per heavy atom. The molecular formula is C13H15F3N2. The molecule has 98 valence electrons. The second-order valence-electron chi connectivity index (χ2n) is 4.11. The molecular weight excluding hydrogens is 241 g/mol. The number of hydrogen-bond acceptors (Lipinski definition) is 2. The SMILES string of the molecule is C=CN(C=C(C)C)c1cc(N)cc(C(F)(F)F)c1. The molecule has 1 aromatic carbocycles. The first-order valence-corrected chi connectivity index (χ1v) is 5.27. The van der Waals surface area contributed by atoms with Gasteiger partial charge in [0.1, 0.15) is 0 Å². The molecule has 0 fully saturated rings. The van der Waals surface area contributed by atoms with Crippen molar-refractivity contribution in [2.75, 3.05) is 10.6 Å². The molecule has 0 amide bonds. The second-order valence-corrected chi connectivity index (χ2v) is 4.11. The third kappa shape index (κ3) is 3.55. The summed E-state index contributed by atoms with van der Waals surface area (Å²) in [6, 6.07) is 3.42. The molecule has 0 spiro atoms. The minimum absolute atomic E-state index is 0.0637. The molecule has 0 saturated carbocycles. The van der Waals surface area contributed by atoms with Crippen LogP contribution in [-0.2, 0) is 6.18 Å². The predicted octanol–water partition coefficient (Wildman–Crippen LogP) is 4.16. The van der Waals surface area contributed by atoms with Crippen molar-refractivity contribution in [1.82, 2.24) is 0 Å². The number of alkyl halides is 3. The van der Waals surface area contributed by atoms with Crippen LogP contribution < -0.4 is 10.6 Å². The van der Waals surface area contributed by atoms with Gasteiger partial charge in [0.2, 0.25) is 0 Å². The van der Waals surface area contributed by atoms with Gasteiger partial charge in [0, 0.05) is 23.8 Å². The van der Waals surface area contributed by atoms with E-state index in [1.807, 2.05) is 13.8 Å². The zero-order valence-corrected chi connectivity index (χ0v) is 10.3. The highest BCUT2D eigenvalue weighted by molar-refractivity contribution is 5.62. The largest absolute Gasteiger partial charge is 0.416 e. The fourth-order valence-electron chi connectivity index (χ4n) is 1.46. The van der Waals surface area contributed by atoms with E-state index in [0.717, 1.165) is 17.7 Å². The number of nitrogens with zero attached hydrogens (tertiary/aromatic N) is 1. The standard InChI is InChI=1S/C13H15F3N2/c1-4-18(8-9(2)3)12-6-10(13(14,15)16)5-11(17)7-12/h4-8H,1,17H2,2-3H3. The maximum atomic E-state index is 12.7. The summed E-state index contributed by atoms with van der Waals surface area (Å²) in [5.41, 5.74) is 6.06. The molecule has 0 atom stereocenters. The minimum atomic E-state index is -4.41. The Balaban J connectivity index is 3.28. The lowest BCUT2D eigenvalue weighted by molar-refractivity contribution is -0.137. The minimum Gasteiger partial charge on any atom is -0.399 e. The van der Waals surface area contributed by atoms with E-state index in [4.69, 9.17) is 5.73 Å². The van der Waals surface area contributed by atoms with Crippen molar-refractivity contribution in [2.45, 2.75) is 20.0 Å². The lowest BCUT2D eigenvalue weighted by Crippen LogP contribution is -2.11. The Bertz CT molecular complexity index is 472. The molecule has 1 aromatic rings. The van der Waals surface area contributed by atoms with Crippen LogP contribution in [0.2, 0.25) is 0 Å². The van der Waals surface area contributed by atoms with Crippen LogP contribution in [0.4, 0.5) is 24.5 Å². The predicted molar refractivity (Wildman–Crippen MR) is 68.0 cm³/mol. The summed E-state index contributed by atoms with van der Waals surface area (Å²) in [6.07, 6.45) is -1.30. The number of anilines is 2. The maximum Gasteiger partial charge on any atom is 0.416 e. The normalized spacial score (nSPS) is 10.9. The Labute approximate surface area is 104 Å². The van der Waals surface area contributed by atoms with Crippen molar-refractivity contribution in [3.8, 4) is 0 Å². The number of hydrogen-bond donors (Lipinski definition) is 1. The van der Waals surface area contributed by atoms with E-state index < -0.39 is 11.7 Å². The molecule has 0 aliphatic heterocycles. The van der Waals surface area contributed by atoms with Crippen molar-refractivity contribution < 1.29 is 13.2 Å². The van der Waals surface area contributed by atoms with Gasteiger partial charge in [0.25, 0.3) is 0 Å². The van der Waals surface area contributed by atoms with Crippen LogP contribution in [0.15, 0.2) is 42.8 Å². The van der Waals surface area contributed by atoms with E-state index >= 15 is 0 Å². The topological polar surface area (TPSA) is 29.3 Å². The van der Waals surface area contributed by atoms with Crippen LogP contribution in [0.1, 0.15) is 19.4 Å². The highest BCUT2D eigenvalue weighted by Crippen LogP contribution is 2.34. The fraction of sp³-hybridized carbons (Fsp3) is 0.231. The third-order valence-electron chi connectivity index (χ3n) is 2.16. The average Bonchev–Trinajstić information content (AvgIpc) is 2.23. The smallest absolute Gasteiger partial charge is 0.399 e. The summed E-state index contributed by atoms with van der Waals surface area (Å²) in [6.45, 7) is 7.25. The molecule has 0 radical (unpaired) electrons. The van der Waals surface area contributed by atoms with E-state index in [0.29, 0.717) is 5.69 Å². The fourth-order valence-corrected chi connectivity index (χ4v) is 1.46. The van der Waals surface area contributed by atoms with Gasteiger partial charge in [-0.05, 0) is 32.0 Å². The molecule has 5 heteroatoms. The van der Waals surface area contributed by atoms with Crippen LogP contribution in [0, 0.1) is 0 Å². The first kappa shape index (κ1) is 14.2. The Morgan fingerprint density at radius 3 is 2.33 bits per heavy atom. The van der Waals surface area contributed by atoms with Crippen LogP contribution >= 0.6 is 0 Å². The maximum absolute atomic E-state index is 12.7. The molecule has 1 rings (SSSR count). The van der Waals surface area contributed by atoms with Gasteiger partial charge < -0.3 is 10.6 Å². The van der Waals surface area contributed by atoms with E-state index in [1.165, 1.54) is 17.2 Å². The Kier molecular flexibility index (Phi) is 4.06.